The van der Waals surface area contributed by atoms with Gasteiger partial charge in [0, 0.05) is 5.69 Å². The van der Waals surface area contributed by atoms with Crippen LogP contribution in [0.4, 0.5) is 5.69 Å². The van der Waals surface area contributed by atoms with Crippen LogP contribution in [0, 0.1) is 6.92 Å². The van der Waals surface area contributed by atoms with Gasteiger partial charge in [-0.2, -0.15) is 0 Å². The van der Waals surface area contributed by atoms with Crippen molar-refractivity contribution in [3.63, 3.8) is 0 Å². The fourth-order valence-electron chi connectivity index (χ4n) is 1.48. The Morgan fingerprint density at radius 1 is 1.32 bits per heavy atom. The predicted octanol–water partition coefficient (Wildman–Crippen LogP) is 0.235. The number of hydrogen-bond donors (Lipinski definition) is 4. The Morgan fingerprint density at radius 2 is 1.95 bits per heavy atom. The van der Waals surface area contributed by atoms with Gasteiger partial charge in [0.2, 0.25) is 0 Å². The van der Waals surface area contributed by atoms with Crippen LogP contribution in [0.25, 0.3) is 0 Å². The standard InChI is InChI=1S/C12H14N2O5/c1-6-2-3-8(13)7(4-6)11(17)14-9(12(18)19)5-10(15)16/h2-4,9H,5,13H2,1H3,(H,14,17)(H,15,16)(H,18,19). The minimum atomic E-state index is -1.50. The molecule has 0 saturated carbocycles. The highest BCUT2D eigenvalue weighted by Crippen LogP contribution is 2.14. The molecule has 1 atom stereocenters. The molecule has 0 radical (unpaired) electrons. The lowest BCUT2D eigenvalue weighted by molar-refractivity contribution is -0.145. The molecule has 0 heterocycles. The maximum Gasteiger partial charge on any atom is 0.326 e. The summed E-state index contributed by atoms with van der Waals surface area (Å²) in [6, 6.07) is 3.24. The zero-order valence-electron chi connectivity index (χ0n) is 10.2. The first-order valence-corrected chi connectivity index (χ1v) is 5.43. The summed E-state index contributed by atoms with van der Waals surface area (Å²) in [6.45, 7) is 1.75. The number of aliphatic carboxylic acids is 2. The number of anilines is 1. The van der Waals surface area contributed by atoms with E-state index in [-0.39, 0.29) is 11.3 Å². The molecule has 0 aromatic heterocycles. The van der Waals surface area contributed by atoms with Crippen molar-refractivity contribution in [1.82, 2.24) is 5.32 Å². The highest BCUT2D eigenvalue weighted by atomic mass is 16.4. The zero-order chi connectivity index (χ0) is 14.6. The number of carboxylic acid groups (broad SMARTS) is 2. The lowest BCUT2D eigenvalue weighted by Crippen LogP contribution is -2.42. The van der Waals surface area contributed by atoms with Gasteiger partial charge >= 0.3 is 11.9 Å². The van der Waals surface area contributed by atoms with Crippen molar-refractivity contribution in [3.8, 4) is 0 Å². The summed E-state index contributed by atoms with van der Waals surface area (Å²) in [5.74, 6) is -3.44. The summed E-state index contributed by atoms with van der Waals surface area (Å²) in [6.07, 6.45) is -0.702. The second-order valence-corrected chi connectivity index (χ2v) is 4.05. The smallest absolute Gasteiger partial charge is 0.326 e. The summed E-state index contributed by atoms with van der Waals surface area (Å²) in [7, 11) is 0. The first kappa shape index (κ1) is 14.5. The molecule has 1 rings (SSSR count). The van der Waals surface area contributed by atoms with Gasteiger partial charge in [0.15, 0.2) is 0 Å². The molecule has 0 saturated heterocycles. The van der Waals surface area contributed by atoms with Crippen LogP contribution in [0.1, 0.15) is 22.3 Å². The molecule has 5 N–H and O–H groups in total. The van der Waals surface area contributed by atoms with Crippen LogP contribution in [0.15, 0.2) is 18.2 Å². The highest BCUT2D eigenvalue weighted by molar-refractivity contribution is 6.01. The molecule has 0 aliphatic carbocycles. The van der Waals surface area contributed by atoms with Gasteiger partial charge in [-0.15, -0.1) is 0 Å². The van der Waals surface area contributed by atoms with Crippen LogP contribution in [0.2, 0.25) is 0 Å². The predicted molar refractivity (Wildman–Crippen MR) is 66.7 cm³/mol. The van der Waals surface area contributed by atoms with Gasteiger partial charge in [-0.1, -0.05) is 11.6 Å². The Balaban J connectivity index is 2.90. The number of aryl methyl sites for hydroxylation is 1. The van der Waals surface area contributed by atoms with E-state index in [2.05, 4.69) is 5.32 Å². The molecule has 7 heteroatoms. The molecule has 0 aliphatic heterocycles. The molecule has 0 bridgehead atoms. The number of carboxylic acids is 2. The van der Waals surface area contributed by atoms with Gasteiger partial charge in [-0.05, 0) is 19.1 Å². The lowest BCUT2D eigenvalue weighted by Gasteiger charge is -2.13. The molecular formula is C12H14N2O5. The molecule has 1 aromatic carbocycles. The third kappa shape index (κ3) is 3.98. The maximum atomic E-state index is 11.9. The number of nitrogen functional groups attached to an aromatic ring is 1. The van der Waals surface area contributed by atoms with Crippen molar-refractivity contribution in [2.75, 3.05) is 5.73 Å². The van der Waals surface area contributed by atoms with Crippen LogP contribution in [0.5, 0.6) is 0 Å². The molecule has 102 valence electrons. The van der Waals surface area contributed by atoms with Crippen LogP contribution in [0.3, 0.4) is 0 Å². The molecule has 1 aromatic rings. The Morgan fingerprint density at radius 3 is 2.47 bits per heavy atom. The summed E-state index contributed by atoms with van der Waals surface area (Å²) in [4.78, 5) is 33.2. The quantitative estimate of drug-likeness (QED) is 0.565. The normalized spacial score (nSPS) is 11.6. The van der Waals surface area contributed by atoms with Crippen LogP contribution < -0.4 is 11.1 Å². The van der Waals surface area contributed by atoms with Gasteiger partial charge in [0.25, 0.3) is 5.91 Å². The molecule has 1 unspecified atom stereocenters. The van der Waals surface area contributed by atoms with E-state index in [1.807, 2.05) is 0 Å². The topological polar surface area (TPSA) is 130 Å². The number of benzene rings is 1. The Kier molecular flexibility index (Phi) is 4.46. The maximum absolute atomic E-state index is 11.9. The number of amides is 1. The molecule has 19 heavy (non-hydrogen) atoms. The third-order valence-electron chi connectivity index (χ3n) is 2.44. The van der Waals surface area contributed by atoms with Crippen molar-refractivity contribution in [2.24, 2.45) is 0 Å². The van der Waals surface area contributed by atoms with Crippen molar-refractivity contribution in [3.05, 3.63) is 29.3 Å². The van der Waals surface area contributed by atoms with E-state index in [4.69, 9.17) is 15.9 Å². The van der Waals surface area contributed by atoms with Crippen LogP contribution in [-0.4, -0.2) is 34.1 Å². The Bertz CT molecular complexity index is 527. The molecule has 1 amide bonds. The first-order valence-electron chi connectivity index (χ1n) is 5.43. The average molecular weight is 266 g/mol. The highest BCUT2D eigenvalue weighted by Gasteiger charge is 2.24. The van der Waals surface area contributed by atoms with Crippen molar-refractivity contribution in [1.29, 1.82) is 0 Å². The van der Waals surface area contributed by atoms with E-state index >= 15 is 0 Å². The zero-order valence-corrected chi connectivity index (χ0v) is 10.2. The minimum absolute atomic E-state index is 0.122. The number of nitrogens with one attached hydrogen (secondary N) is 1. The van der Waals surface area contributed by atoms with Crippen LogP contribution in [-0.2, 0) is 9.59 Å². The van der Waals surface area contributed by atoms with E-state index in [1.54, 1.807) is 13.0 Å². The van der Waals surface area contributed by atoms with Crippen LogP contribution >= 0.6 is 0 Å². The number of carbonyl (C=O) groups is 3. The second-order valence-electron chi connectivity index (χ2n) is 4.05. The lowest BCUT2D eigenvalue weighted by atomic mass is 10.1. The molecule has 0 aliphatic rings. The number of nitrogens with two attached hydrogens (primary N) is 1. The Labute approximate surface area is 109 Å². The van der Waals surface area contributed by atoms with E-state index in [9.17, 15) is 14.4 Å². The van der Waals surface area contributed by atoms with Crippen molar-refractivity contribution in [2.45, 2.75) is 19.4 Å². The van der Waals surface area contributed by atoms with E-state index in [1.165, 1.54) is 12.1 Å². The van der Waals surface area contributed by atoms with Gasteiger partial charge in [0.05, 0.1) is 12.0 Å². The summed E-state index contributed by atoms with van der Waals surface area (Å²) in [5.41, 5.74) is 6.72. The van der Waals surface area contributed by atoms with Gasteiger partial charge in [-0.3, -0.25) is 9.59 Å². The summed E-state index contributed by atoms with van der Waals surface area (Å²) < 4.78 is 0. The average Bonchev–Trinajstić information content (AvgIpc) is 2.30. The van der Waals surface area contributed by atoms with E-state index in [0.717, 1.165) is 5.56 Å². The largest absolute Gasteiger partial charge is 0.481 e. The first-order chi connectivity index (χ1) is 8.81. The molecule has 0 spiro atoms. The van der Waals surface area contributed by atoms with Crippen molar-refractivity contribution >= 4 is 23.5 Å². The molecule has 7 nitrogen and oxygen atoms in total. The summed E-state index contributed by atoms with van der Waals surface area (Å²) >= 11 is 0. The number of hydrogen-bond acceptors (Lipinski definition) is 4. The van der Waals surface area contributed by atoms with E-state index in [0.29, 0.717) is 0 Å². The fourth-order valence-corrected chi connectivity index (χ4v) is 1.48. The number of rotatable bonds is 5. The molecule has 0 fully saturated rings. The summed E-state index contributed by atoms with van der Waals surface area (Å²) in [5, 5.41) is 19.5. The van der Waals surface area contributed by atoms with Gasteiger partial charge < -0.3 is 21.3 Å². The monoisotopic (exact) mass is 266 g/mol. The second kappa shape index (κ2) is 5.85. The SMILES string of the molecule is Cc1ccc(N)c(C(=O)NC(CC(=O)O)C(=O)O)c1. The Hall–Kier alpha value is -2.57. The third-order valence-corrected chi connectivity index (χ3v) is 2.44. The van der Waals surface area contributed by atoms with Gasteiger partial charge in [0.1, 0.15) is 6.04 Å². The van der Waals surface area contributed by atoms with Crippen molar-refractivity contribution < 1.29 is 24.6 Å². The fraction of sp³-hybridized carbons (Fsp3) is 0.250. The van der Waals surface area contributed by atoms with Gasteiger partial charge in [-0.25, -0.2) is 4.79 Å². The number of carbonyl (C=O) groups excluding carboxylic acids is 1. The minimum Gasteiger partial charge on any atom is -0.481 e. The molecular weight excluding hydrogens is 252 g/mol. The van der Waals surface area contributed by atoms with E-state index < -0.39 is 30.3 Å².